The van der Waals surface area contributed by atoms with Crippen molar-refractivity contribution in [2.24, 2.45) is 17.3 Å². The van der Waals surface area contributed by atoms with Gasteiger partial charge in [-0.1, -0.05) is 20.8 Å². The van der Waals surface area contributed by atoms with Crippen molar-refractivity contribution >= 4 is 5.78 Å². The highest BCUT2D eigenvalue weighted by Gasteiger charge is 2.82. The molecule has 0 aromatic heterocycles. The largest absolute Gasteiger partial charge is 0.393 e. The Bertz CT molecular complexity index is 610. The quantitative estimate of drug-likeness (QED) is 0.594. The average Bonchev–Trinajstić information content (AvgIpc) is 3.33. The van der Waals surface area contributed by atoms with Crippen molar-refractivity contribution in [3.63, 3.8) is 0 Å². The van der Waals surface area contributed by atoms with Gasteiger partial charge >= 0.3 is 0 Å². The van der Waals surface area contributed by atoms with Crippen LogP contribution in [0.25, 0.3) is 0 Å². The van der Waals surface area contributed by atoms with E-state index in [4.69, 9.17) is 9.47 Å². The van der Waals surface area contributed by atoms with E-state index in [-0.39, 0.29) is 35.4 Å². The first kappa shape index (κ1) is 13.7. The lowest BCUT2D eigenvalue weighted by Crippen LogP contribution is -2.56. The third-order valence-corrected chi connectivity index (χ3v) is 7.25. The second-order valence-corrected chi connectivity index (χ2v) is 8.52. The standard InChI is InChI=1S/C18H24O4/c1-9(2)17-14(21-17)8-12-16(3)5-4-11(19)6-10(16)7-13-18(12,22-13)15(17)20/h8-11,13-14,19H,4-7H2,1-3H3. The summed E-state index contributed by atoms with van der Waals surface area (Å²) in [7, 11) is 0. The van der Waals surface area contributed by atoms with Gasteiger partial charge in [0.15, 0.2) is 11.2 Å². The van der Waals surface area contributed by atoms with Crippen molar-refractivity contribution < 1.29 is 19.4 Å². The zero-order chi connectivity index (χ0) is 15.5. The predicted octanol–water partition coefficient (Wildman–Crippen LogP) is 2.00. The first-order valence-electron chi connectivity index (χ1n) is 8.67. The van der Waals surface area contributed by atoms with Crippen LogP contribution in [0.5, 0.6) is 0 Å². The molecule has 0 amide bonds. The number of epoxide rings is 2. The number of rotatable bonds is 1. The Kier molecular flexibility index (Phi) is 2.29. The van der Waals surface area contributed by atoms with E-state index in [1.54, 1.807) is 0 Å². The zero-order valence-corrected chi connectivity index (χ0v) is 13.5. The summed E-state index contributed by atoms with van der Waals surface area (Å²) in [6.07, 6.45) is 5.45. The van der Waals surface area contributed by atoms with E-state index in [2.05, 4.69) is 26.8 Å². The summed E-state index contributed by atoms with van der Waals surface area (Å²) in [5.74, 6) is 0.773. The maximum absolute atomic E-state index is 13.3. The average molecular weight is 304 g/mol. The Hall–Kier alpha value is -0.710. The number of aliphatic hydroxyl groups excluding tert-OH is 1. The molecule has 0 radical (unpaired) electrons. The molecule has 5 rings (SSSR count). The molecule has 1 N–H and O–H groups in total. The molecule has 2 aliphatic heterocycles. The molecule has 0 bridgehead atoms. The van der Waals surface area contributed by atoms with Crippen LogP contribution in [0.3, 0.4) is 0 Å². The maximum atomic E-state index is 13.3. The fraction of sp³-hybridized carbons (Fsp3) is 0.833. The molecule has 2 heterocycles. The summed E-state index contributed by atoms with van der Waals surface area (Å²) in [6, 6.07) is 0. The topological polar surface area (TPSA) is 62.4 Å². The number of carbonyl (C=O) groups excluding carboxylic acids is 1. The van der Waals surface area contributed by atoms with Gasteiger partial charge in [-0.25, -0.2) is 0 Å². The summed E-state index contributed by atoms with van der Waals surface area (Å²) in [6.45, 7) is 6.40. The minimum Gasteiger partial charge on any atom is -0.393 e. The van der Waals surface area contributed by atoms with Gasteiger partial charge in [0.2, 0.25) is 5.78 Å². The Morgan fingerprint density at radius 3 is 2.82 bits per heavy atom. The third-order valence-electron chi connectivity index (χ3n) is 7.25. The van der Waals surface area contributed by atoms with Gasteiger partial charge in [0.25, 0.3) is 0 Å². The van der Waals surface area contributed by atoms with Gasteiger partial charge < -0.3 is 14.6 Å². The highest BCUT2D eigenvalue weighted by atomic mass is 16.6. The van der Waals surface area contributed by atoms with Gasteiger partial charge in [0.1, 0.15) is 6.10 Å². The summed E-state index contributed by atoms with van der Waals surface area (Å²) in [5.41, 5.74) is -0.158. The van der Waals surface area contributed by atoms with Crippen molar-refractivity contribution in [2.45, 2.75) is 76.0 Å². The molecule has 4 heteroatoms. The lowest BCUT2D eigenvalue weighted by molar-refractivity contribution is -0.131. The van der Waals surface area contributed by atoms with E-state index in [0.29, 0.717) is 5.92 Å². The van der Waals surface area contributed by atoms with Gasteiger partial charge in [0.05, 0.1) is 12.2 Å². The van der Waals surface area contributed by atoms with Crippen molar-refractivity contribution in [3.8, 4) is 0 Å². The van der Waals surface area contributed by atoms with Crippen molar-refractivity contribution in [3.05, 3.63) is 11.6 Å². The van der Waals surface area contributed by atoms with Crippen LogP contribution in [-0.4, -0.2) is 40.4 Å². The third kappa shape index (κ3) is 1.27. The first-order chi connectivity index (χ1) is 10.4. The second kappa shape index (κ2) is 3.68. The fourth-order valence-electron chi connectivity index (χ4n) is 5.73. The number of hydrogen-bond acceptors (Lipinski definition) is 4. The predicted molar refractivity (Wildman–Crippen MR) is 79.2 cm³/mol. The molecule has 2 saturated carbocycles. The molecule has 5 aliphatic rings. The van der Waals surface area contributed by atoms with Crippen LogP contribution in [-0.2, 0) is 14.3 Å². The smallest absolute Gasteiger partial charge is 0.206 e. The number of ether oxygens (including phenoxy) is 2. The maximum Gasteiger partial charge on any atom is 0.206 e. The minimum atomic E-state index is -0.690. The number of hydrogen-bond donors (Lipinski definition) is 1. The zero-order valence-electron chi connectivity index (χ0n) is 13.5. The number of carbonyl (C=O) groups is 1. The summed E-state index contributed by atoms with van der Waals surface area (Å²) in [4.78, 5) is 13.3. The van der Waals surface area contributed by atoms with Gasteiger partial charge in [-0.2, -0.15) is 0 Å². The summed E-state index contributed by atoms with van der Waals surface area (Å²) in [5, 5.41) is 10.0. The lowest BCUT2D eigenvalue weighted by Gasteiger charge is -2.50. The van der Waals surface area contributed by atoms with Gasteiger partial charge in [-0.3, -0.25) is 4.79 Å². The molecule has 7 unspecified atom stereocenters. The Morgan fingerprint density at radius 2 is 2.09 bits per heavy atom. The van der Waals surface area contributed by atoms with Crippen LogP contribution in [0.2, 0.25) is 0 Å². The molecular formula is C18H24O4. The normalized spacial score (nSPS) is 58.2. The lowest BCUT2D eigenvalue weighted by atomic mass is 9.52. The molecule has 1 spiro atoms. The summed E-state index contributed by atoms with van der Waals surface area (Å²) < 4.78 is 12.0. The van der Waals surface area contributed by atoms with Crippen LogP contribution < -0.4 is 0 Å². The molecule has 22 heavy (non-hydrogen) atoms. The van der Waals surface area contributed by atoms with Crippen molar-refractivity contribution in [2.75, 3.05) is 0 Å². The number of fused-ring (bicyclic) bond motifs is 3. The molecule has 0 aromatic rings. The van der Waals surface area contributed by atoms with Crippen LogP contribution in [0, 0.1) is 17.3 Å². The van der Waals surface area contributed by atoms with Crippen molar-refractivity contribution in [1.82, 2.24) is 0 Å². The molecule has 0 aromatic carbocycles. The number of Topliss-reactive ketones (excluding diaryl/α,β-unsaturated/α-hetero) is 1. The van der Waals surface area contributed by atoms with Crippen LogP contribution in [0.15, 0.2) is 11.6 Å². The van der Waals surface area contributed by atoms with E-state index in [1.165, 1.54) is 5.57 Å². The molecule has 4 nitrogen and oxygen atoms in total. The van der Waals surface area contributed by atoms with E-state index in [9.17, 15) is 9.90 Å². The highest BCUT2D eigenvalue weighted by Crippen LogP contribution is 2.69. The highest BCUT2D eigenvalue weighted by molar-refractivity contribution is 6.05. The van der Waals surface area contributed by atoms with Gasteiger partial charge in [0, 0.05) is 0 Å². The Morgan fingerprint density at radius 1 is 1.32 bits per heavy atom. The minimum absolute atomic E-state index is 0.00963. The monoisotopic (exact) mass is 304 g/mol. The Labute approximate surface area is 130 Å². The molecule has 3 aliphatic carbocycles. The number of ketones is 1. The summed E-state index contributed by atoms with van der Waals surface area (Å²) >= 11 is 0. The molecule has 120 valence electrons. The molecule has 4 fully saturated rings. The van der Waals surface area contributed by atoms with E-state index < -0.39 is 11.2 Å². The van der Waals surface area contributed by atoms with E-state index in [0.717, 1.165) is 25.7 Å². The van der Waals surface area contributed by atoms with E-state index >= 15 is 0 Å². The fourth-order valence-corrected chi connectivity index (χ4v) is 5.73. The first-order valence-corrected chi connectivity index (χ1v) is 8.67. The molecule has 2 saturated heterocycles. The second-order valence-electron chi connectivity index (χ2n) is 8.52. The van der Waals surface area contributed by atoms with Crippen molar-refractivity contribution in [1.29, 1.82) is 0 Å². The van der Waals surface area contributed by atoms with E-state index in [1.807, 2.05) is 0 Å². The SMILES string of the molecule is CC(C)C12OC1C=C1C3(C)CCC(O)CC3CC3OC13C2=O. The number of aliphatic hydroxyl groups is 1. The van der Waals surface area contributed by atoms with Gasteiger partial charge in [-0.15, -0.1) is 0 Å². The van der Waals surface area contributed by atoms with Crippen LogP contribution >= 0.6 is 0 Å². The molecular weight excluding hydrogens is 280 g/mol. The van der Waals surface area contributed by atoms with Crippen LogP contribution in [0.1, 0.15) is 46.5 Å². The molecule has 7 atom stereocenters. The van der Waals surface area contributed by atoms with Gasteiger partial charge in [-0.05, 0) is 54.6 Å². The van der Waals surface area contributed by atoms with Crippen LogP contribution in [0.4, 0.5) is 0 Å². The Balaban J connectivity index is 1.62.